The number of nitrogens with one attached hydrogen (secondary N) is 2. The molecule has 1 amide bonds. The number of H-pyrrole nitrogens is 1. The molecule has 0 fully saturated rings. The van der Waals surface area contributed by atoms with Crippen molar-refractivity contribution in [2.45, 2.75) is 12.8 Å². The molecule has 1 heterocycles. The molecule has 0 saturated heterocycles. The summed E-state index contributed by atoms with van der Waals surface area (Å²) in [6, 6.07) is 0. The van der Waals surface area contributed by atoms with Gasteiger partial charge in [-0.1, -0.05) is 11.3 Å². The molecule has 0 unspecified atom stereocenters. The van der Waals surface area contributed by atoms with Crippen LogP contribution in [-0.4, -0.2) is 22.6 Å². The van der Waals surface area contributed by atoms with Gasteiger partial charge in [-0.05, 0) is 18.6 Å². The molecule has 1 aromatic rings. The van der Waals surface area contributed by atoms with Crippen molar-refractivity contribution in [2.75, 3.05) is 11.9 Å². The van der Waals surface area contributed by atoms with Gasteiger partial charge in [-0.2, -0.15) is 0 Å². The molecule has 1 aromatic heterocycles. The van der Waals surface area contributed by atoms with Crippen molar-refractivity contribution in [3.8, 4) is 0 Å². The number of anilines is 1. The molecule has 0 radical (unpaired) electrons. The van der Waals surface area contributed by atoms with Gasteiger partial charge in [0, 0.05) is 13.0 Å². The van der Waals surface area contributed by atoms with Gasteiger partial charge in [0.1, 0.15) is 0 Å². The van der Waals surface area contributed by atoms with Crippen LogP contribution < -0.4 is 11.1 Å². The largest absolute Gasteiger partial charge is 0.370 e. The molecule has 0 bridgehead atoms. The number of carbonyl (C=O) groups excluding carboxylic acids is 1. The molecular weight excluding hydrogens is 208 g/mol. The quantitative estimate of drug-likeness (QED) is 0.506. The van der Waals surface area contributed by atoms with Crippen molar-refractivity contribution < 1.29 is 4.79 Å². The van der Waals surface area contributed by atoms with Gasteiger partial charge in [0.2, 0.25) is 11.0 Å². The number of nitrogens with two attached hydrogens (primary N) is 1. The van der Waals surface area contributed by atoms with E-state index in [9.17, 15) is 4.79 Å². The van der Waals surface area contributed by atoms with Crippen LogP contribution in [0, 0.1) is 3.95 Å². The molecule has 0 spiro atoms. The Morgan fingerprint density at radius 2 is 2.54 bits per heavy atom. The molecular formula is C6H10N4OS2. The average Bonchev–Trinajstić information content (AvgIpc) is 2.45. The number of aromatic amines is 1. The molecule has 5 nitrogen and oxygen atoms in total. The van der Waals surface area contributed by atoms with Crippen molar-refractivity contribution >= 4 is 34.6 Å². The van der Waals surface area contributed by atoms with Gasteiger partial charge in [-0.3, -0.25) is 9.89 Å². The summed E-state index contributed by atoms with van der Waals surface area (Å²) in [6.45, 7) is 0.680. The second-order valence-corrected chi connectivity index (χ2v) is 4.08. The van der Waals surface area contributed by atoms with Crippen molar-refractivity contribution in [1.82, 2.24) is 10.2 Å². The molecule has 1 rings (SSSR count). The third kappa shape index (κ3) is 4.00. The number of aromatic nitrogens is 2. The van der Waals surface area contributed by atoms with Gasteiger partial charge in [0.15, 0.2) is 3.95 Å². The smallest absolute Gasteiger partial charge is 0.217 e. The molecule has 7 heteroatoms. The highest BCUT2D eigenvalue weighted by Gasteiger charge is 1.97. The minimum atomic E-state index is -0.281. The van der Waals surface area contributed by atoms with Gasteiger partial charge in [-0.25, -0.2) is 0 Å². The highest BCUT2D eigenvalue weighted by molar-refractivity contribution is 7.73. The highest BCUT2D eigenvalue weighted by Crippen LogP contribution is 2.10. The summed E-state index contributed by atoms with van der Waals surface area (Å²) < 4.78 is 0.636. The summed E-state index contributed by atoms with van der Waals surface area (Å²) in [5.41, 5.74) is 4.97. The van der Waals surface area contributed by atoms with E-state index in [1.165, 1.54) is 11.3 Å². The number of primary amides is 1. The third-order valence-electron chi connectivity index (χ3n) is 1.31. The van der Waals surface area contributed by atoms with Gasteiger partial charge in [-0.15, -0.1) is 5.10 Å². The SMILES string of the molecule is NC(=O)CCCNc1n[nH]c(=S)s1. The van der Waals surface area contributed by atoms with Crippen LogP contribution in [0.5, 0.6) is 0 Å². The normalized spacial score (nSPS) is 9.85. The van der Waals surface area contributed by atoms with E-state index in [2.05, 4.69) is 15.5 Å². The highest BCUT2D eigenvalue weighted by atomic mass is 32.1. The monoisotopic (exact) mass is 218 g/mol. The van der Waals surface area contributed by atoms with Crippen LogP contribution >= 0.6 is 23.6 Å². The molecule has 0 aliphatic rings. The molecule has 72 valence electrons. The van der Waals surface area contributed by atoms with Crippen molar-refractivity contribution in [1.29, 1.82) is 0 Å². The van der Waals surface area contributed by atoms with Crippen molar-refractivity contribution in [3.05, 3.63) is 3.95 Å². The van der Waals surface area contributed by atoms with E-state index in [-0.39, 0.29) is 5.91 Å². The lowest BCUT2D eigenvalue weighted by molar-refractivity contribution is -0.118. The minimum Gasteiger partial charge on any atom is -0.370 e. The molecule has 13 heavy (non-hydrogen) atoms. The lowest BCUT2D eigenvalue weighted by Crippen LogP contribution is -2.12. The maximum Gasteiger partial charge on any atom is 0.217 e. The fourth-order valence-corrected chi connectivity index (χ4v) is 1.58. The number of amides is 1. The van der Waals surface area contributed by atoms with Gasteiger partial charge in [0.25, 0.3) is 0 Å². The molecule has 0 aliphatic carbocycles. The second kappa shape index (κ2) is 4.93. The number of hydrogen-bond donors (Lipinski definition) is 3. The predicted octanol–water partition coefficient (Wildman–Crippen LogP) is 0.878. The van der Waals surface area contributed by atoms with Crippen LogP contribution in [-0.2, 0) is 4.79 Å². The van der Waals surface area contributed by atoms with Gasteiger partial charge < -0.3 is 11.1 Å². The Morgan fingerprint density at radius 1 is 1.77 bits per heavy atom. The topological polar surface area (TPSA) is 83.8 Å². The van der Waals surface area contributed by atoms with Crippen LogP contribution in [0.4, 0.5) is 5.13 Å². The molecule has 4 N–H and O–H groups in total. The van der Waals surface area contributed by atoms with E-state index < -0.39 is 0 Å². The van der Waals surface area contributed by atoms with Crippen molar-refractivity contribution in [3.63, 3.8) is 0 Å². The Bertz CT molecular complexity index is 331. The van der Waals surface area contributed by atoms with E-state index in [1.807, 2.05) is 0 Å². The minimum absolute atomic E-state index is 0.281. The van der Waals surface area contributed by atoms with Crippen LogP contribution in [0.15, 0.2) is 0 Å². The maximum absolute atomic E-state index is 10.4. The zero-order valence-corrected chi connectivity index (χ0v) is 8.50. The number of hydrogen-bond acceptors (Lipinski definition) is 5. The first kappa shape index (κ1) is 10.1. The van der Waals surface area contributed by atoms with E-state index in [4.69, 9.17) is 18.0 Å². The first-order chi connectivity index (χ1) is 6.18. The first-order valence-corrected chi connectivity index (χ1v) is 4.98. The average molecular weight is 218 g/mol. The Balaban J connectivity index is 2.20. The van der Waals surface area contributed by atoms with Crippen LogP contribution in [0.1, 0.15) is 12.8 Å². The Labute approximate surface area is 84.3 Å². The lowest BCUT2D eigenvalue weighted by Gasteiger charge is -1.98. The van der Waals surface area contributed by atoms with Crippen molar-refractivity contribution in [2.24, 2.45) is 5.73 Å². The summed E-state index contributed by atoms with van der Waals surface area (Å²) in [5, 5.41) is 10.3. The van der Waals surface area contributed by atoms with Gasteiger partial charge in [0.05, 0.1) is 0 Å². The summed E-state index contributed by atoms with van der Waals surface area (Å²) in [4.78, 5) is 10.4. The number of nitrogens with zero attached hydrogens (tertiary/aromatic N) is 1. The summed E-state index contributed by atoms with van der Waals surface area (Å²) in [7, 11) is 0. The van der Waals surface area contributed by atoms with E-state index >= 15 is 0 Å². The maximum atomic E-state index is 10.4. The Hall–Kier alpha value is -0.950. The van der Waals surface area contributed by atoms with Crippen LogP contribution in [0.2, 0.25) is 0 Å². The molecule has 0 atom stereocenters. The summed E-state index contributed by atoms with van der Waals surface area (Å²) in [5.74, 6) is -0.281. The number of carbonyl (C=O) groups is 1. The first-order valence-electron chi connectivity index (χ1n) is 3.76. The standard InChI is InChI=1S/C6H10N4OS2/c7-4(11)2-1-3-8-5-9-10-6(12)13-5/h1-3H2,(H2,7,11)(H,8,9)(H,10,12). The van der Waals surface area contributed by atoms with E-state index in [1.54, 1.807) is 0 Å². The van der Waals surface area contributed by atoms with Gasteiger partial charge >= 0.3 is 0 Å². The zero-order chi connectivity index (χ0) is 9.68. The zero-order valence-electron chi connectivity index (χ0n) is 6.87. The third-order valence-corrected chi connectivity index (χ3v) is 2.36. The molecule has 0 saturated carbocycles. The summed E-state index contributed by atoms with van der Waals surface area (Å²) >= 11 is 6.21. The Kier molecular flexibility index (Phi) is 3.84. The molecule has 0 aliphatic heterocycles. The fourth-order valence-electron chi connectivity index (χ4n) is 0.763. The summed E-state index contributed by atoms with van der Waals surface area (Å²) in [6.07, 6.45) is 1.10. The van der Waals surface area contributed by atoms with Crippen LogP contribution in [0.3, 0.4) is 0 Å². The van der Waals surface area contributed by atoms with E-state index in [0.717, 1.165) is 5.13 Å². The lowest BCUT2D eigenvalue weighted by atomic mass is 10.3. The number of rotatable bonds is 5. The molecule has 0 aromatic carbocycles. The van der Waals surface area contributed by atoms with E-state index in [0.29, 0.717) is 23.3 Å². The van der Waals surface area contributed by atoms with Crippen LogP contribution in [0.25, 0.3) is 0 Å². The fraction of sp³-hybridized carbons (Fsp3) is 0.500. The Morgan fingerprint density at radius 3 is 3.08 bits per heavy atom. The second-order valence-electron chi connectivity index (χ2n) is 2.41. The predicted molar refractivity (Wildman–Crippen MR) is 54.2 cm³/mol.